The zero-order valence-electron chi connectivity index (χ0n) is 16.7. The summed E-state index contributed by atoms with van der Waals surface area (Å²) in [4.78, 5) is 0. The quantitative estimate of drug-likeness (QED) is 0.219. The van der Waals surface area contributed by atoms with E-state index in [2.05, 4.69) is 20.8 Å². The summed E-state index contributed by atoms with van der Waals surface area (Å²) in [7, 11) is 0. The maximum absolute atomic E-state index is 5.71. The third kappa shape index (κ3) is 22.0. The van der Waals surface area contributed by atoms with Crippen LogP contribution in [0.3, 0.4) is 0 Å². The second kappa shape index (κ2) is 20.0. The molecule has 0 heterocycles. The number of unbranched alkanes of at least 4 members (excludes halogenated alkanes) is 13. The largest absolute Gasteiger partial charge is 0.381 e. The molecule has 140 valence electrons. The summed E-state index contributed by atoms with van der Waals surface area (Å²) in [5.74, 6) is 0.889. The van der Waals surface area contributed by atoms with Crippen LogP contribution in [0.5, 0.6) is 0 Å². The minimum absolute atomic E-state index is 0.889. The van der Waals surface area contributed by atoms with E-state index >= 15 is 0 Å². The smallest absolute Gasteiger partial charge is 0.0466 e. The van der Waals surface area contributed by atoms with Gasteiger partial charge in [0.1, 0.15) is 0 Å². The van der Waals surface area contributed by atoms with Crippen molar-refractivity contribution in [3.63, 3.8) is 0 Å². The second-order valence-corrected chi connectivity index (χ2v) is 7.74. The minimum Gasteiger partial charge on any atom is -0.381 e. The molecule has 0 aliphatic heterocycles. The molecule has 0 aromatic rings. The molecule has 0 spiro atoms. The van der Waals surface area contributed by atoms with Gasteiger partial charge in [-0.25, -0.2) is 0 Å². The van der Waals surface area contributed by atoms with Crippen LogP contribution in [0.1, 0.15) is 124 Å². The lowest BCUT2D eigenvalue weighted by molar-refractivity contribution is 0.125. The van der Waals surface area contributed by atoms with E-state index in [1.807, 2.05) is 0 Å². The van der Waals surface area contributed by atoms with Crippen molar-refractivity contribution in [1.29, 1.82) is 0 Å². The molecule has 0 N–H and O–H groups in total. The van der Waals surface area contributed by atoms with Gasteiger partial charge >= 0.3 is 0 Å². The van der Waals surface area contributed by atoms with Crippen LogP contribution in [0.2, 0.25) is 0 Å². The Bertz CT molecular complexity index is 200. The molecule has 0 aromatic carbocycles. The molecule has 0 bridgehead atoms. The van der Waals surface area contributed by atoms with E-state index < -0.39 is 0 Å². The van der Waals surface area contributed by atoms with Crippen molar-refractivity contribution < 1.29 is 4.74 Å². The fourth-order valence-electron chi connectivity index (χ4n) is 3.08. The fraction of sp³-hybridized carbons (Fsp3) is 1.00. The molecule has 0 aromatic heterocycles. The summed E-state index contributed by atoms with van der Waals surface area (Å²) in [5.41, 5.74) is 0. The Hall–Kier alpha value is -0.0400. The summed E-state index contributed by atoms with van der Waals surface area (Å²) in [6, 6.07) is 0. The van der Waals surface area contributed by atoms with Gasteiger partial charge in [0.05, 0.1) is 0 Å². The van der Waals surface area contributed by atoms with E-state index in [-0.39, 0.29) is 0 Å². The average molecular weight is 327 g/mol. The van der Waals surface area contributed by atoms with Crippen LogP contribution in [0.4, 0.5) is 0 Å². The lowest BCUT2D eigenvalue weighted by Gasteiger charge is -2.05. The maximum atomic E-state index is 5.71. The van der Waals surface area contributed by atoms with Gasteiger partial charge in [-0.2, -0.15) is 0 Å². The molecule has 0 saturated heterocycles. The van der Waals surface area contributed by atoms with Crippen molar-refractivity contribution in [1.82, 2.24) is 0 Å². The molecule has 0 unspecified atom stereocenters. The molecule has 0 radical (unpaired) electrons. The Kier molecular flexibility index (Phi) is 20.0. The van der Waals surface area contributed by atoms with Crippen LogP contribution in [0.15, 0.2) is 0 Å². The van der Waals surface area contributed by atoms with Crippen LogP contribution >= 0.6 is 0 Å². The first kappa shape index (κ1) is 23.0. The summed E-state index contributed by atoms with van der Waals surface area (Å²) in [6.07, 6.45) is 22.3. The summed E-state index contributed by atoms with van der Waals surface area (Å²) in [6.45, 7) is 8.91. The van der Waals surface area contributed by atoms with Gasteiger partial charge in [-0.05, 0) is 18.8 Å². The van der Waals surface area contributed by atoms with E-state index in [1.54, 1.807) is 0 Å². The Morgan fingerprint density at radius 3 is 1.35 bits per heavy atom. The van der Waals surface area contributed by atoms with Crippen molar-refractivity contribution in [3.05, 3.63) is 0 Å². The van der Waals surface area contributed by atoms with Gasteiger partial charge in [-0.1, -0.05) is 111 Å². The lowest BCUT2D eigenvalue weighted by Crippen LogP contribution is -1.97. The summed E-state index contributed by atoms with van der Waals surface area (Å²) in [5, 5.41) is 0. The number of hydrogen-bond acceptors (Lipinski definition) is 1. The van der Waals surface area contributed by atoms with E-state index in [1.165, 1.54) is 103 Å². The highest BCUT2D eigenvalue weighted by Crippen LogP contribution is 2.13. The highest BCUT2D eigenvalue weighted by Gasteiger charge is 1.96. The molecule has 1 heteroatoms. The van der Waals surface area contributed by atoms with Gasteiger partial charge in [-0.3, -0.25) is 0 Å². The first-order valence-corrected chi connectivity index (χ1v) is 10.8. The highest BCUT2D eigenvalue weighted by atomic mass is 16.5. The molecule has 1 nitrogen and oxygen atoms in total. The normalized spacial score (nSPS) is 11.5. The second-order valence-electron chi connectivity index (χ2n) is 7.74. The predicted molar refractivity (Wildman–Crippen MR) is 105 cm³/mol. The van der Waals surface area contributed by atoms with Crippen LogP contribution in [-0.2, 0) is 4.74 Å². The number of rotatable bonds is 19. The van der Waals surface area contributed by atoms with E-state index in [0.717, 1.165) is 19.1 Å². The van der Waals surface area contributed by atoms with Crippen molar-refractivity contribution in [2.75, 3.05) is 13.2 Å². The Morgan fingerprint density at radius 1 is 0.522 bits per heavy atom. The van der Waals surface area contributed by atoms with Gasteiger partial charge < -0.3 is 4.74 Å². The third-order valence-electron chi connectivity index (χ3n) is 4.71. The number of hydrogen-bond donors (Lipinski definition) is 0. The molecule has 0 saturated carbocycles. The topological polar surface area (TPSA) is 9.23 Å². The minimum atomic E-state index is 0.889. The van der Waals surface area contributed by atoms with Crippen LogP contribution < -0.4 is 0 Å². The molecule has 23 heavy (non-hydrogen) atoms. The van der Waals surface area contributed by atoms with Gasteiger partial charge in [0.2, 0.25) is 0 Å². The Morgan fingerprint density at radius 2 is 0.913 bits per heavy atom. The molecule has 0 rings (SSSR count). The third-order valence-corrected chi connectivity index (χ3v) is 4.71. The first-order valence-electron chi connectivity index (χ1n) is 10.8. The summed E-state index contributed by atoms with van der Waals surface area (Å²) >= 11 is 0. The van der Waals surface area contributed by atoms with Gasteiger partial charge in [0, 0.05) is 13.2 Å². The van der Waals surface area contributed by atoms with Crippen molar-refractivity contribution in [2.24, 2.45) is 5.92 Å². The number of ether oxygens (including phenoxy) is 1. The molecule has 0 atom stereocenters. The van der Waals surface area contributed by atoms with E-state index in [4.69, 9.17) is 4.74 Å². The Balaban J connectivity index is 2.95. The fourth-order valence-corrected chi connectivity index (χ4v) is 3.08. The zero-order chi connectivity index (χ0) is 17.0. The van der Waals surface area contributed by atoms with Gasteiger partial charge in [0.25, 0.3) is 0 Å². The van der Waals surface area contributed by atoms with Crippen molar-refractivity contribution in [2.45, 2.75) is 124 Å². The van der Waals surface area contributed by atoms with Crippen molar-refractivity contribution >= 4 is 0 Å². The lowest BCUT2D eigenvalue weighted by atomic mass is 10.0. The van der Waals surface area contributed by atoms with Gasteiger partial charge in [0.15, 0.2) is 0 Å². The van der Waals surface area contributed by atoms with Crippen LogP contribution in [-0.4, -0.2) is 13.2 Å². The van der Waals surface area contributed by atoms with Crippen LogP contribution in [0, 0.1) is 5.92 Å². The molecular weight excluding hydrogens is 280 g/mol. The zero-order valence-corrected chi connectivity index (χ0v) is 16.7. The average Bonchev–Trinajstić information content (AvgIpc) is 2.53. The highest BCUT2D eigenvalue weighted by molar-refractivity contribution is 4.50. The summed E-state index contributed by atoms with van der Waals surface area (Å²) < 4.78 is 5.71. The molecule has 0 amide bonds. The molecule has 0 aliphatic carbocycles. The first-order chi connectivity index (χ1) is 11.3. The van der Waals surface area contributed by atoms with Crippen molar-refractivity contribution in [3.8, 4) is 0 Å². The van der Waals surface area contributed by atoms with E-state index in [0.29, 0.717) is 0 Å². The SMILES string of the molecule is CCCCCCCOCCCCCCCCCCCCC(C)C. The standard InChI is InChI=1S/C22H46O/c1-4-5-6-14-17-20-23-21-18-15-12-10-8-7-9-11-13-16-19-22(2)3/h22H,4-21H2,1-3H3. The monoisotopic (exact) mass is 326 g/mol. The van der Waals surface area contributed by atoms with Crippen LogP contribution in [0.25, 0.3) is 0 Å². The predicted octanol–water partition coefficient (Wildman–Crippen LogP) is 7.92. The van der Waals surface area contributed by atoms with Gasteiger partial charge in [-0.15, -0.1) is 0 Å². The maximum Gasteiger partial charge on any atom is 0.0466 e. The molecule has 0 aliphatic rings. The molecule has 0 fully saturated rings. The molecular formula is C22H46O. The Labute approximate surface area is 148 Å². The van der Waals surface area contributed by atoms with E-state index in [9.17, 15) is 0 Å².